The van der Waals surface area contributed by atoms with E-state index >= 15 is 0 Å². The average molecular weight is 330 g/mol. The fourth-order valence-electron chi connectivity index (χ4n) is 3.55. The van der Waals surface area contributed by atoms with Crippen LogP contribution in [0.3, 0.4) is 0 Å². The fraction of sp³-hybridized carbons (Fsp3) is 0.650. The van der Waals surface area contributed by atoms with E-state index < -0.39 is 0 Å². The number of nitrogens with zero attached hydrogens (tertiary/aromatic N) is 1. The van der Waals surface area contributed by atoms with E-state index in [-0.39, 0.29) is 5.91 Å². The lowest BCUT2D eigenvalue weighted by Crippen LogP contribution is -2.35. The zero-order valence-corrected chi connectivity index (χ0v) is 14.8. The molecule has 1 heterocycles. The van der Waals surface area contributed by atoms with Gasteiger partial charge in [-0.15, -0.1) is 0 Å². The Hall–Kier alpha value is -1.55. The highest BCUT2D eigenvalue weighted by Crippen LogP contribution is 2.24. The fourth-order valence-corrected chi connectivity index (χ4v) is 3.55. The molecule has 3 rings (SSSR count). The lowest BCUT2D eigenvalue weighted by molar-refractivity contribution is -0.121. The standard InChI is InChI=1S/C20H30N2O2/c1-2-24-19-7-3-5-17(13-19)15-22-12-4-6-16(14-22)8-11-20(23)21-18-9-10-18/h3,5,7,13,16,18H,2,4,6,8-12,14-15H2,1H3,(H,21,23)/t16-/m0/s1. The number of piperidine rings is 1. The molecule has 1 aromatic rings. The Morgan fingerprint density at radius 1 is 1.33 bits per heavy atom. The molecule has 0 radical (unpaired) electrons. The molecule has 2 aliphatic rings. The summed E-state index contributed by atoms with van der Waals surface area (Å²) in [6.07, 6.45) is 6.54. The predicted octanol–water partition coefficient (Wildman–Crippen LogP) is 3.36. The minimum absolute atomic E-state index is 0.249. The van der Waals surface area contributed by atoms with Crippen molar-refractivity contribution in [2.24, 2.45) is 5.92 Å². The summed E-state index contributed by atoms with van der Waals surface area (Å²) >= 11 is 0. The second kappa shape index (κ2) is 8.52. The zero-order chi connectivity index (χ0) is 16.8. The number of hydrogen-bond acceptors (Lipinski definition) is 3. The summed E-state index contributed by atoms with van der Waals surface area (Å²) in [5.41, 5.74) is 1.31. The highest BCUT2D eigenvalue weighted by Gasteiger charge is 2.24. The van der Waals surface area contributed by atoms with Gasteiger partial charge < -0.3 is 10.1 Å². The second-order valence-electron chi connectivity index (χ2n) is 7.20. The monoisotopic (exact) mass is 330 g/mol. The molecule has 1 saturated heterocycles. The molecular weight excluding hydrogens is 300 g/mol. The van der Waals surface area contributed by atoms with Gasteiger partial charge in [-0.25, -0.2) is 0 Å². The van der Waals surface area contributed by atoms with Crippen LogP contribution in [-0.2, 0) is 11.3 Å². The first-order chi connectivity index (χ1) is 11.7. The van der Waals surface area contributed by atoms with E-state index in [1.165, 1.54) is 31.2 Å². The molecule has 24 heavy (non-hydrogen) atoms. The molecule has 1 aliphatic heterocycles. The molecule has 132 valence electrons. The minimum atomic E-state index is 0.249. The van der Waals surface area contributed by atoms with Crippen LogP contribution in [0.5, 0.6) is 5.75 Å². The van der Waals surface area contributed by atoms with Crippen LogP contribution in [0, 0.1) is 5.92 Å². The average Bonchev–Trinajstić information content (AvgIpc) is 3.38. The number of rotatable bonds is 8. The van der Waals surface area contributed by atoms with Gasteiger partial charge in [0.15, 0.2) is 0 Å². The van der Waals surface area contributed by atoms with Crippen molar-refractivity contribution < 1.29 is 9.53 Å². The Morgan fingerprint density at radius 2 is 2.21 bits per heavy atom. The van der Waals surface area contributed by atoms with Gasteiger partial charge in [0.25, 0.3) is 0 Å². The van der Waals surface area contributed by atoms with Gasteiger partial charge in [0.2, 0.25) is 5.91 Å². The van der Waals surface area contributed by atoms with Crippen LogP contribution < -0.4 is 10.1 Å². The Morgan fingerprint density at radius 3 is 3.00 bits per heavy atom. The van der Waals surface area contributed by atoms with E-state index in [1.54, 1.807) is 0 Å². The highest BCUT2D eigenvalue weighted by atomic mass is 16.5. The molecule has 4 heteroatoms. The van der Waals surface area contributed by atoms with Crippen LogP contribution in [0.2, 0.25) is 0 Å². The molecule has 1 aromatic carbocycles. The van der Waals surface area contributed by atoms with E-state index in [1.807, 2.05) is 13.0 Å². The first-order valence-corrected chi connectivity index (χ1v) is 9.46. The van der Waals surface area contributed by atoms with Gasteiger partial charge in [-0.05, 0) is 69.2 Å². The first-order valence-electron chi connectivity index (χ1n) is 9.46. The molecule has 0 unspecified atom stereocenters. The highest BCUT2D eigenvalue weighted by molar-refractivity contribution is 5.76. The Bertz CT molecular complexity index is 542. The van der Waals surface area contributed by atoms with Crippen molar-refractivity contribution in [2.45, 2.75) is 58.0 Å². The van der Waals surface area contributed by atoms with E-state index in [9.17, 15) is 4.79 Å². The normalized spacial score (nSPS) is 21.5. The maximum Gasteiger partial charge on any atom is 0.220 e. The van der Waals surface area contributed by atoms with Crippen LogP contribution in [-0.4, -0.2) is 36.5 Å². The molecule has 1 amide bonds. The lowest BCUT2D eigenvalue weighted by atomic mass is 9.93. The number of ether oxygens (including phenoxy) is 1. The first kappa shape index (κ1) is 17.3. The van der Waals surface area contributed by atoms with Gasteiger partial charge >= 0.3 is 0 Å². The zero-order valence-electron chi connectivity index (χ0n) is 14.8. The van der Waals surface area contributed by atoms with Gasteiger partial charge in [-0.3, -0.25) is 9.69 Å². The van der Waals surface area contributed by atoms with Crippen LogP contribution in [0.4, 0.5) is 0 Å². The Kier molecular flexibility index (Phi) is 6.13. The van der Waals surface area contributed by atoms with Crippen LogP contribution in [0.15, 0.2) is 24.3 Å². The third-order valence-corrected chi connectivity index (χ3v) is 4.94. The van der Waals surface area contributed by atoms with Crippen molar-refractivity contribution in [3.05, 3.63) is 29.8 Å². The SMILES string of the molecule is CCOc1cccc(CN2CCC[C@@H](CCC(=O)NC3CC3)C2)c1. The van der Waals surface area contributed by atoms with E-state index in [4.69, 9.17) is 4.74 Å². The number of carbonyl (C=O) groups excluding carboxylic acids is 1. The quantitative estimate of drug-likeness (QED) is 0.795. The number of benzene rings is 1. The Labute approximate surface area is 145 Å². The van der Waals surface area contributed by atoms with Crippen LogP contribution >= 0.6 is 0 Å². The smallest absolute Gasteiger partial charge is 0.220 e. The van der Waals surface area contributed by atoms with E-state index in [0.717, 1.165) is 31.8 Å². The van der Waals surface area contributed by atoms with Crippen molar-refractivity contribution in [2.75, 3.05) is 19.7 Å². The van der Waals surface area contributed by atoms with Gasteiger partial charge in [0.1, 0.15) is 5.75 Å². The second-order valence-corrected chi connectivity index (χ2v) is 7.20. The number of carbonyl (C=O) groups is 1. The predicted molar refractivity (Wildman–Crippen MR) is 96.0 cm³/mol. The van der Waals surface area contributed by atoms with Crippen molar-refractivity contribution in [3.8, 4) is 5.75 Å². The van der Waals surface area contributed by atoms with E-state index in [0.29, 0.717) is 25.0 Å². The Balaban J connectivity index is 1.44. The molecule has 1 N–H and O–H groups in total. The number of likely N-dealkylation sites (tertiary alicyclic amines) is 1. The van der Waals surface area contributed by atoms with E-state index in [2.05, 4.69) is 28.4 Å². The van der Waals surface area contributed by atoms with Gasteiger partial charge in [0.05, 0.1) is 6.61 Å². The van der Waals surface area contributed by atoms with Crippen molar-refractivity contribution >= 4 is 5.91 Å². The van der Waals surface area contributed by atoms with Crippen molar-refractivity contribution in [1.82, 2.24) is 10.2 Å². The minimum Gasteiger partial charge on any atom is -0.494 e. The summed E-state index contributed by atoms with van der Waals surface area (Å²) in [5.74, 6) is 1.86. The number of nitrogens with one attached hydrogen (secondary N) is 1. The summed E-state index contributed by atoms with van der Waals surface area (Å²) in [4.78, 5) is 14.4. The van der Waals surface area contributed by atoms with Crippen LogP contribution in [0.25, 0.3) is 0 Å². The molecule has 1 aliphatic carbocycles. The van der Waals surface area contributed by atoms with Crippen molar-refractivity contribution in [3.63, 3.8) is 0 Å². The third-order valence-electron chi connectivity index (χ3n) is 4.94. The topological polar surface area (TPSA) is 41.6 Å². The maximum atomic E-state index is 11.9. The lowest BCUT2D eigenvalue weighted by Gasteiger charge is -2.32. The van der Waals surface area contributed by atoms with Gasteiger partial charge in [-0.2, -0.15) is 0 Å². The van der Waals surface area contributed by atoms with Gasteiger partial charge in [-0.1, -0.05) is 12.1 Å². The maximum absolute atomic E-state index is 11.9. The number of amides is 1. The molecular formula is C20H30N2O2. The summed E-state index contributed by atoms with van der Waals surface area (Å²) in [6, 6.07) is 8.90. The third kappa shape index (κ3) is 5.52. The number of hydrogen-bond donors (Lipinski definition) is 1. The van der Waals surface area contributed by atoms with Crippen LogP contribution in [0.1, 0.15) is 51.0 Å². The van der Waals surface area contributed by atoms with Gasteiger partial charge in [0, 0.05) is 25.6 Å². The molecule has 0 aromatic heterocycles. The summed E-state index contributed by atoms with van der Waals surface area (Å²) in [7, 11) is 0. The molecule has 1 saturated carbocycles. The molecule has 1 atom stereocenters. The molecule has 0 spiro atoms. The largest absolute Gasteiger partial charge is 0.494 e. The summed E-state index contributed by atoms with van der Waals surface area (Å²) in [5, 5.41) is 3.10. The summed E-state index contributed by atoms with van der Waals surface area (Å²) < 4.78 is 5.60. The molecule has 4 nitrogen and oxygen atoms in total. The summed E-state index contributed by atoms with van der Waals surface area (Å²) in [6.45, 7) is 5.96. The van der Waals surface area contributed by atoms with Crippen molar-refractivity contribution in [1.29, 1.82) is 0 Å². The molecule has 0 bridgehead atoms. The molecule has 2 fully saturated rings.